The Kier molecular flexibility index (Phi) is 6.44. The molecule has 4 aromatic rings. The van der Waals surface area contributed by atoms with Crippen molar-refractivity contribution < 1.29 is 0 Å². The third kappa shape index (κ3) is 4.68. The predicted molar refractivity (Wildman–Crippen MR) is 127 cm³/mol. The van der Waals surface area contributed by atoms with Gasteiger partial charge >= 0.3 is 0 Å². The molecule has 0 aliphatic heterocycles. The summed E-state index contributed by atoms with van der Waals surface area (Å²) in [6.45, 7) is 6.74. The van der Waals surface area contributed by atoms with Gasteiger partial charge in [-0.25, -0.2) is 9.50 Å². The van der Waals surface area contributed by atoms with Gasteiger partial charge in [0.1, 0.15) is 0 Å². The minimum absolute atomic E-state index is 0.327. The highest BCUT2D eigenvalue weighted by atomic mass is 15.3. The molecule has 31 heavy (non-hydrogen) atoms. The lowest BCUT2D eigenvalue weighted by atomic mass is 9.82. The lowest BCUT2D eigenvalue weighted by Crippen LogP contribution is -2.16. The van der Waals surface area contributed by atoms with Crippen molar-refractivity contribution in [3.8, 4) is 11.1 Å². The van der Waals surface area contributed by atoms with E-state index in [0.717, 1.165) is 45.7 Å². The van der Waals surface area contributed by atoms with Crippen LogP contribution in [0.1, 0.15) is 58.6 Å². The van der Waals surface area contributed by atoms with Gasteiger partial charge in [-0.3, -0.25) is 9.97 Å². The SMILES string of the molecule is CCC(C)CC.Nc1nc(CC2CCC2)c2c(-c3ccc4nccnc4c3)ccn2n1. The number of benzene rings is 1. The fraction of sp³-hybridized carbons (Fsp3) is 0.440. The van der Waals surface area contributed by atoms with Crippen molar-refractivity contribution in [2.75, 3.05) is 5.73 Å². The van der Waals surface area contributed by atoms with Gasteiger partial charge in [-0.2, -0.15) is 0 Å². The molecule has 1 aliphatic rings. The Labute approximate surface area is 183 Å². The average Bonchev–Trinajstić information content (AvgIpc) is 3.19. The fourth-order valence-electron chi connectivity index (χ4n) is 3.88. The van der Waals surface area contributed by atoms with Crippen LogP contribution in [0.3, 0.4) is 0 Å². The molecular weight excluding hydrogens is 384 g/mol. The van der Waals surface area contributed by atoms with Crippen molar-refractivity contribution in [2.24, 2.45) is 11.8 Å². The molecule has 2 N–H and O–H groups in total. The summed E-state index contributed by atoms with van der Waals surface area (Å²) in [4.78, 5) is 13.3. The zero-order valence-corrected chi connectivity index (χ0v) is 18.8. The number of hydrogen-bond donors (Lipinski definition) is 1. The highest BCUT2D eigenvalue weighted by Crippen LogP contribution is 2.34. The minimum Gasteiger partial charge on any atom is -0.367 e. The molecule has 1 aromatic carbocycles. The Bertz CT molecular complexity index is 1160. The van der Waals surface area contributed by atoms with Crippen LogP contribution in [0.2, 0.25) is 0 Å². The third-order valence-corrected chi connectivity index (χ3v) is 6.48. The number of anilines is 1. The Hall–Kier alpha value is -3.02. The molecule has 1 aliphatic carbocycles. The van der Waals surface area contributed by atoms with Crippen LogP contribution >= 0.6 is 0 Å². The lowest BCUT2D eigenvalue weighted by molar-refractivity contribution is 0.312. The molecule has 0 radical (unpaired) electrons. The molecule has 5 rings (SSSR count). The predicted octanol–water partition coefficient (Wildman–Crippen LogP) is 5.71. The van der Waals surface area contributed by atoms with Gasteiger partial charge in [-0.15, -0.1) is 5.10 Å². The normalized spacial score (nSPS) is 13.9. The van der Waals surface area contributed by atoms with E-state index in [-0.39, 0.29) is 0 Å². The topological polar surface area (TPSA) is 82.0 Å². The molecule has 1 saturated carbocycles. The maximum atomic E-state index is 5.92. The van der Waals surface area contributed by atoms with E-state index < -0.39 is 0 Å². The van der Waals surface area contributed by atoms with Gasteiger partial charge in [-0.1, -0.05) is 58.9 Å². The fourth-order valence-corrected chi connectivity index (χ4v) is 3.88. The molecule has 0 unspecified atom stereocenters. The van der Waals surface area contributed by atoms with Crippen LogP contribution in [0.15, 0.2) is 42.9 Å². The summed E-state index contributed by atoms with van der Waals surface area (Å²) in [5.41, 5.74) is 12.0. The van der Waals surface area contributed by atoms with Crippen molar-refractivity contribution in [2.45, 2.75) is 59.3 Å². The van der Waals surface area contributed by atoms with Gasteiger partial charge in [0.25, 0.3) is 0 Å². The van der Waals surface area contributed by atoms with Gasteiger partial charge in [0.05, 0.1) is 22.2 Å². The Morgan fingerprint density at radius 2 is 1.81 bits per heavy atom. The number of nitrogen functional groups attached to an aromatic ring is 1. The monoisotopic (exact) mass is 416 g/mol. The van der Waals surface area contributed by atoms with E-state index in [1.165, 1.54) is 32.1 Å². The van der Waals surface area contributed by atoms with E-state index in [1.54, 1.807) is 12.4 Å². The quantitative estimate of drug-likeness (QED) is 0.451. The van der Waals surface area contributed by atoms with Gasteiger partial charge in [0.2, 0.25) is 5.95 Å². The number of aromatic nitrogens is 5. The van der Waals surface area contributed by atoms with E-state index in [4.69, 9.17) is 5.73 Å². The first-order valence-electron chi connectivity index (χ1n) is 11.4. The largest absolute Gasteiger partial charge is 0.367 e. The van der Waals surface area contributed by atoms with E-state index in [1.807, 2.05) is 16.8 Å². The number of nitrogens with two attached hydrogens (primary N) is 1. The summed E-state index contributed by atoms with van der Waals surface area (Å²) in [7, 11) is 0. The molecule has 0 saturated heterocycles. The molecule has 0 amide bonds. The molecule has 3 heterocycles. The van der Waals surface area contributed by atoms with Crippen LogP contribution < -0.4 is 5.73 Å². The second-order valence-corrected chi connectivity index (χ2v) is 8.62. The van der Waals surface area contributed by atoms with Crippen LogP contribution in [-0.4, -0.2) is 24.6 Å². The van der Waals surface area contributed by atoms with Crippen LogP contribution in [0.5, 0.6) is 0 Å². The molecule has 6 nitrogen and oxygen atoms in total. The molecule has 162 valence electrons. The van der Waals surface area contributed by atoms with Crippen molar-refractivity contribution in [3.63, 3.8) is 0 Å². The number of hydrogen-bond acceptors (Lipinski definition) is 5. The van der Waals surface area contributed by atoms with E-state index in [0.29, 0.717) is 11.9 Å². The molecule has 0 spiro atoms. The number of fused-ring (bicyclic) bond motifs is 2. The van der Waals surface area contributed by atoms with Crippen molar-refractivity contribution in [1.82, 2.24) is 24.6 Å². The maximum absolute atomic E-state index is 5.92. The summed E-state index contributed by atoms with van der Waals surface area (Å²) in [5.74, 6) is 1.97. The third-order valence-electron chi connectivity index (χ3n) is 6.48. The van der Waals surface area contributed by atoms with Crippen molar-refractivity contribution >= 4 is 22.5 Å². The minimum atomic E-state index is 0.327. The molecule has 6 heteroatoms. The average molecular weight is 417 g/mol. The zero-order valence-electron chi connectivity index (χ0n) is 18.8. The molecular formula is C25H32N6. The second kappa shape index (κ2) is 9.41. The standard InChI is InChI=1S/C19H18N6.C6H14/c20-19-23-17(10-12-2-1-3-12)18-14(6-9-25(18)24-19)13-4-5-15-16(11-13)22-8-7-21-15;1-4-6(3)5-2/h4-9,11-12H,1-3,10H2,(H2,20,24);6H,4-5H2,1-3H3. The van der Waals surface area contributed by atoms with Crippen LogP contribution in [0.25, 0.3) is 27.7 Å². The summed E-state index contributed by atoms with van der Waals surface area (Å²) in [6, 6.07) is 8.23. The van der Waals surface area contributed by atoms with E-state index >= 15 is 0 Å². The summed E-state index contributed by atoms with van der Waals surface area (Å²) >= 11 is 0. The van der Waals surface area contributed by atoms with Gasteiger partial charge in [0, 0.05) is 24.2 Å². The van der Waals surface area contributed by atoms with Crippen molar-refractivity contribution in [3.05, 3.63) is 48.5 Å². The molecule has 3 aromatic heterocycles. The lowest BCUT2D eigenvalue weighted by Gasteiger charge is -2.25. The zero-order chi connectivity index (χ0) is 21.8. The molecule has 1 fully saturated rings. The smallest absolute Gasteiger partial charge is 0.238 e. The van der Waals surface area contributed by atoms with Gasteiger partial charge < -0.3 is 5.73 Å². The highest BCUT2D eigenvalue weighted by molar-refractivity contribution is 5.88. The van der Waals surface area contributed by atoms with Crippen LogP contribution in [-0.2, 0) is 6.42 Å². The maximum Gasteiger partial charge on any atom is 0.238 e. The van der Waals surface area contributed by atoms with Gasteiger partial charge in [0.15, 0.2) is 0 Å². The van der Waals surface area contributed by atoms with E-state index in [9.17, 15) is 0 Å². The summed E-state index contributed by atoms with van der Waals surface area (Å²) in [5, 5.41) is 4.35. The second-order valence-electron chi connectivity index (χ2n) is 8.62. The Morgan fingerprint density at radius 3 is 2.45 bits per heavy atom. The molecule has 0 atom stereocenters. The van der Waals surface area contributed by atoms with E-state index in [2.05, 4.69) is 59.0 Å². The highest BCUT2D eigenvalue weighted by Gasteiger charge is 2.22. The first-order chi connectivity index (χ1) is 15.1. The Balaban J connectivity index is 0.000000342. The number of rotatable bonds is 5. The first-order valence-corrected chi connectivity index (χ1v) is 11.4. The van der Waals surface area contributed by atoms with Gasteiger partial charge in [-0.05, 0) is 42.0 Å². The van der Waals surface area contributed by atoms with Crippen LogP contribution in [0, 0.1) is 11.8 Å². The van der Waals surface area contributed by atoms with Crippen LogP contribution in [0.4, 0.5) is 5.95 Å². The molecule has 0 bridgehead atoms. The Morgan fingerprint density at radius 1 is 1.06 bits per heavy atom. The first kappa shape index (κ1) is 21.2. The summed E-state index contributed by atoms with van der Waals surface area (Å²) in [6.07, 6.45) is 12.9. The number of nitrogens with zero attached hydrogens (tertiary/aromatic N) is 5. The van der Waals surface area contributed by atoms with Crippen molar-refractivity contribution in [1.29, 1.82) is 0 Å². The summed E-state index contributed by atoms with van der Waals surface area (Å²) < 4.78 is 1.85.